The number of hydrogen-bond acceptors (Lipinski definition) is 4. The Hall–Kier alpha value is -2.24. The first-order chi connectivity index (χ1) is 10.1. The quantitative estimate of drug-likeness (QED) is 0.782. The van der Waals surface area contributed by atoms with E-state index >= 15 is 0 Å². The molecule has 2 aliphatic heterocycles. The van der Waals surface area contributed by atoms with Gasteiger partial charge in [-0.2, -0.15) is 0 Å². The van der Waals surface area contributed by atoms with Crippen molar-refractivity contribution >= 4 is 17.5 Å². The lowest BCUT2D eigenvalue weighted by Gasteiger charge is -2.36. The Labute approximate surface area is 123 Å². The van der Waals surface area contributed by atoms with E-state index in [9.17, 15) is 9.59 Å². The summed E-state index contributed by atoms with van der Waals surface area (Å²) in [5.74, 6) is 0.452. The van der Waals surface area contributed by atoms with Gasteiger partial charge in [-0.25, -0.2) is 0 Å². The van der Waals surface area contributed by atoms with E-state index in [-0.39, 0.29) is 23.8 Å². The summed E-state index contributed by atoms with van der Waals surface area (Å²) in [6.07, 6.45) is 1.69. The number of rotatable bonds is 2. The highest BCUT2D eigenvalue weighted by Crippen LogP contribution is 2.29. The third-order valence-electron chi connectivity index (χ3n) is 4.27. The second-order valence-corrected chi connectivity index (χ2v) is 5.55. The van der Waals surface area contributed by atoms with E-state index in [1.165, 1.54) is 0 Å². The average Bonchev–Trinajstić information content (AvgIpc) is 2.87. The number of piperidine rings is 1. The number of carbonyl (C=O) groups is 2. The fraction of sp³-hybridized carbons (Fsp3) is 0.467. The van der Waals surface area contributed by atoms with Crippen molar-refractivity contribution in [1.82, 2.24) is 10.2 Å². The zero-order valence-electron chi connectivity index (χ0n) is 12.0. The number of hydrogen-bond donors (Lipinski definition) is 2. The molecule has 6 heteroatoms. The van der Waals surface area contributed by atoms with E-state index in [1.54, 1.807) is 30.2 Å². The summed E-state index contributed by atoms with van der Waals surface area (Å²) in [5, 5.41) is 2.85. The van der Waals surface area contributed by atoms with Crippen molar-refractivity contribution in [2.75, 3.05) is 25.9 Å². The molecule has 0 aromatic heterocycles. The van der Waals surface area contributed by atoms with Crippen molar-refractivity contribution in [2.24, 2.45) is 5.92 Å². The van der Waals surface area contributed by atoms with Gasteiger partial charge in [0.25, 0.3) is 5.91 Å². The van der Waals surface area contributed by atoms with Crippen LogP contribution < -0.4 is 15.8 Å². The number of carbonyl (C=O) groups excluding carboxylic acids is 2. The highest BCUT2D eigenvalue weighted by Gasteiger charge is 2.42. The van der Waals surface area contributed by atoms with Crippen molar-refractivity contribution in [3.05, 3.63) is 23.8 Å². The maximum absolute atomic E-state index is 12.7. The van der Waals surface area contributed by atoms with Gasteiger partial charge in [-0.1, -0.05) is 0 Å². The lowest BCUT2D eigenvalue weighted by atomic mass is 9.91. The first-order valence-corrected chi connectivity index (χ1v) is 7.13. The van der Waals surface area contributed by atoms with Crippen molar-refractivity contribution in [3.8, 4) is 5.75 Å². The Morgan fingerprint density at radius 2 is 2.24 bits per heavy atom. The molecule has 3 N–H and O–H groups in total. The summed E-state index contributed by atoms with van der Waals surface area (Å²) in [4.78, 5) is 26.3. The van der Waals surface area contributed by atoms with Crippen LogP contribution in [-0.4, -0.2) is 43.0 Å². The Balaban J connectivity index is 1.87. The van der Waals surface area contributed by atoms with Gasteiger partial charge in [-0.3, -0.25) is 9.59 Å². The van der Waals surface area contributed by atoms with Crippen LogP contribution in [0.5, 0.6) is 5.75 Å². The second kappa shape index (κ2) is 5.27. The Bertz CT molecular complexity index is 588. The minimum atomic E-state index is -0.0909. The molecule has 2 atom stereocenters. The number of nitrogens with one attached hydrogen (secondary N) is 1. The van der Waals surface area contributed by atoms with Crippen LogP contribution in [0.25, 0.3) is 0 Å². The van der Waals surface area contributed by atoms with E-state index in [2.05, 4.69) is 5.32 Å². The molecule has 2 fully saturated rings. The number of anilines is 1. The highest BCUT2D eigenvalue weighted by molar-refractivity contribution is 5.96. The Morgan fingerprint density at radius 1 is 1.43 bits per heavy atom. The first-order valence-electron chi connectivity index (χ1n) is 7.13. The molecule has 3 rings (SSSR count). The minimum absolute atomic E-state index is 0.0498. The lowest BCUT2D eigenvalue weighted by Crippen LogP contribution is -2.48. The number of amides is 2. The molecule has 2 unspecified atom stereocenters. The fourth-order valence-corrected chi connectivity index (χ4v) is 3.23. The fourth-order valence-electron chi connectivity index (χ4n) is 3.23. The average molecular weight is 289 g/mol. The molecular formula is C15H19N3O3. The number of ether oxygens (including phenoxy) is 1. The Morgan fingerprint density at radius 3 is 3.00 bits per heavy atom. The van der Waals surface area contributed by atoms with E-state index in [0.717, 1.165) is 12.8 Å². The van der Waals surface area contributed by atoms with Gasteiger partial charge in [-0.15, -0.1) is 0 Å². The van der Waals surface area contributed by atoms with Gasteiger partial charge < -0.3 is 20.7 Å². The molecular weight excluding hydrogens is 270 g/mol. The molecule has 2 saturated heterocycles. The number of nitrogens with zero attached hydrogens (tertiary/aromatic N) is 1. The second-order valence-electron chi connectivity index (χ2n) is 5.55. The van der Waals surface area contributed by atoms with Crippen LogP contribution in [0.3, 0.4) is 0 Å². The van der Waals surface area contributed by atoms with Gasteiger partial charge in [0.1, 0.15) is 5.75 Å². The molecule has 112 valence electrons. The van der Waals surface area contributed by atoms with Crippen molar-refractivity contribution in [1.29, 1.82) is 0 Å². The molecule has 2 heterocycles. The zero-order chi connectivity index (χ0) is 15.0. The third-order valence-corrected chi connectivity index (χ3v) is 4.27. The molecule has 21 heavy (non-hydrogen) atoms. The van der Waals surface area contributed by atoms with Crippen LogP contribution in [0.15, 0.2) is 18.2 Å². The molecule has 1 aromatic rings. The van der Waals surface area contributed by atoms with E-state index in [1.807, 2.05) is 0 Å². The number of methoxy groups -OCH3 is 1. The van der Waals surface area contributed by atoms with Gasteiger partial charge in [0.2, 0.25) is 5.91 Å². The van der Waals surface area contributed by atoms with Crippen LogP contribution in [0, 0.1) is 5.92 Å². The lowest BCUT2D eigenvalue weighted by molar-refractivity contribution is -0.123. The molecule has 6 nitrogen and oxygen atoms in total. The van der Waals surface area contributed by atoms with Gasteiger partial charge in [-0.05, 0) is 25.0 Å². The summed E-state index contributed by atoms with van der Waals surface area (Å²) in [7, 11) is 1.54. The normalized spacial score (nSPS) is 24.4. The van der Waals surface area contributed by atoms with Gasteiger partial charge in [0.15, 0.2) is 0 Å². The standard InChI is InChI=1S/C15H19N3O3/c1-21-11-6-9(5-10(16)7-11)15(20)18-4-2-3-12-13(18)8-17-14(12)19/h5-7,12-13H,2-4,8,16H2,1H3,(H,17,19). The van der Waals surface area contributed by atoms with Crippen LogP contribution >= 0.6 is 0 Å². The summed E-state index contributed by atoms with van der Waals surface area (Å²) < 4.78 is 5.16. The van der Waals surface area contributed by atoms with Crippen molar-refractivity contribution in [3.63, 3.8) is 0 Å². The first kappa shape index (κ1) is 13.7. The molecule has 0 aliphatic carbocycles. The molecule has 0 bridgehead atoms. The van der Waals surface area contributed by atoms with Crippen LogP contribution in [0.2, 0.25) is 0 Å². The van der Waals surface area contributed by atoms with Crippen LogP contribution in [-0.2, 0) is 4.79 Å². The molecule has 0 saturated carbocycles. The summed E-state index contributed by atoms with van der Waals surface area (Å²) in [5.41, 5.74) is 6.81. The maximum atomic E-state index is 12.7. The maximum Gasteiger partial charge on any atom is 0.254 e. The van der Waals surface area contributed by atoms with Gasteiger partial charge >= 0.3 is 0 Å². The highest BCUT2D eigenvalue weighted by atomic mass is 16.5. The minimum Gasteiger partial charge on any atom is -0.497 e. The molecule has 2 aliphatic rings. The molecule has 0 radical (unpaired) electrons. The summed E-state index contributed by atoms with van der Waals surface area (Å²) in [6.45, 7) is 1.21. The van der Waals surface area contributed by atoms with Crippen LogP contribution in [0.4, 0.5) is 5.69 Å². The number of benzene rings is 1. The SMILES string of the molecule is COc1cc(N)cc(C(=O)N2CCCC3C(=O)NCC32)c1. The number of nitrogens with two attached hydrogens (primary N) is 1. The van der Waals surface area contributed by atoms with E-state index in [4.69, 9.17) is 10.5 Å². The molecule has 1 aromatic carbocycles. The monoisotopic (exact) mass is 289 g/mol. The predicted molar refractivity (Wildman–Crippen MR) is 78.0 cm³/mol. The largest absolute Gasteiger partial charge is 0.497 e. The van der Waals surface area contributed by atoms with E-state index in [0.29, 0.717) is 30.1 Å². The van der Waals surface area contributed by atoms with Crippen molar-refractivity contribution in [2.45, 2.75) is 18.9 Å². The van der Waals surface area contributed by atoms with Gasteiger partial charge in [0, 0.05) is 30.4 Å². The molecule has 2 amide bonds. The number of fused-ring (bicyclic) bond motifs is 1. The number of likely N-dealkylation sites (tertiary alicyclic amines) is 1. The third kappa shape index (κ3) is 2.41. The number of nitrogen functional groups attached to an aromatic ring is 1. The Kier molecular flexibility index (Phi) is 3.45. The summed E-state index contributed by atoms with van der Waals surface area (Å²) in [6, 6.07) is 4.97. The molecule has 0 spiro atoms. The van der Waals surface area contributed by atoms with Gasteiger partial charge in [0.05, 0.1) is 19.1 Å². The summed E-state index contributed by atoms with van der Waals surface area (Å²) >= 11 is 0. The van der Waals surface area contributed by atoms with E-state index < -0.39 is 0 Å². The smallest absolute Gasteiger partial charge is 0.254 e. The predicted octanol–water partition coefficient (Wildman–Crippen LogP) is 0.628. The topological polar surface area (TPSA) is 84.7 Å². The van der Waals surface area contributed by atoms with Crippen molar-refractivity contribution < 1.29 is 14.3 Å². The van der Waals surface area contributed by atoms with Crippen LogP contribution in [0.1, 0.15) is 23.2 Å². The zero-order valence-corrected chi connectivity index (χ0v) is 12.0.